The third-order valence-electron chi connectivity index (χ3n) is 3.60. The first-order valence-corrected chi connectivity index (χ1v) is 7.33. The third kappa shape index (κ3) is 4.03. The molecule has 5 heteroatoms. The van der Waals surface area contributed by atoms with Crippen LogP contribution in [0.2, 0.25) is 0 Å². The number of benzene rings is 1. The molecule has 1 heterocycles. The fourth-order valence-corrected chi connectivity index (χ4v) is 2.83. The maximum atomic E-state index is 12.2. The van der Waals surface area contributed by atoms with Crippen LogP contribution in [0.4, 0.5) is 0 Å². The lowest BCUT2D eigenvalue weighted by Gasteiger charge is -2.31. The molecule has 1 aliphatic rings. The van der Waals surface area contributed by atoms with Gasteiger partial charge in [0.1, 0.15) is 0 Å². The first-order chi connectivity index (χ1) is 9.20. The van der Waals surface area contributed by atoms with Gasteiger partial charge in [-0.15, -0.1) is 0 Å². The number of hydrogen-bond acceptors (Lipinski definition) is 3. The molecule has 2 rings (SSSR count). The van der Waals surface area contributed by atoms with E-state index in [0.29, 0.717) is 18.9 Å². The Morgan fingerprint density at radius 3 is 2.68 bits per heavy atom. The minimum absolute atomic E-state index is 0.194. The lowest BCUT2D eigenvalue weighted by atomic mass is 9.97. The van der Waals surface area contributed by atoms with Crippen LogP contribution in [0.15, 0.2) is 28.7 Å². The van der Waals surface area contributed by atoms with Crippen LogP contribution in [-0.4, -0.2) is 30.5 Å². The van der Waals surface area contributed by atoms with Crippen molar-refractivity contribution in [2.45, 2.75) is 19.3 Å². The number of hydrogen-bond donors (Lipinski definition) is 1. The standard InChI is InChI=1S/C14H19BrN2O2/c15-13-4-2-1-3-12(13)9-14(18)17-7-5-11(6-8-17)10-19-16/h1-4,11H,5-10,16H2. The number of carbonyl (C=O) groups is 1. The maximum absolute atomic E-state index is 12.2. The Labute approximate surface area is 122 Å². The first kappa shape index (κ1) is 14.5. The lowest BCUT2D eigenvalue weighted by molar-refractivity contribution is -0.132. The molecule has 0 saturated carbocycles. The zero-order chi connectivity index (χ0) is 13.7. The fourth-order valence-electron chi connectivity index (χ4n) is 2.40. The molecule has 19 heavy (non-hydrogen) atoms. The zero-order valence-electron chi connectivity index (χ0n) is 10.8. The van der Waals surface area contributed by atoms with Gasteiger partial charge in [-0.05, 0) is 30.4 Å². The molecular weight excluding hydrogens is 308 g/mol. The molecule has 4 nitrogen and oxygen atoms in total. The van der Waals surface area contributed by atoms with E-state index in [1.807, 2.05) is 29.2 Å². The van der Waals surface area contributed by atoms with Crippen LogP contribution < -0.4 is 5.90 Å². The van der Waals surface area contributed by atoms with Gasteiger partial charge in [-0.2, -0.15) is 0 Å². The van der Waals surface area contributed by atoms with Crippen molar-refractivity contribution in [2.75, 3.05) is 19.7 Å². The van der Waals surface area contributed by atoms with Crippen LogP contribution in [0, 0.1) is 5.92 Å². The molecule has 0 spiro atoms. The molecule has 104 valence electrons. The number of amides is 1. The van der Waals surface area contributed by atoms with Gasteiger partial charge >= 0.3 is 0 Å². The van der Waals surface area contributed by atoms with E-state index in [1.54, 1.807) is 0 Å². The molecule has 1 aromatic rings. The highest BCUT2D eigenvalue weighted by atomic mass is 79.9. The predicted octanol–water partition coefficient (Wildman–Crippen LogP) is 2.12. The van der Waals surface area contributed by atoms with Crippen molar-refractivity contribution in [3.63, 3.8) is 0 Å². The molecule has 0 atom stereocenters. The van der Waals surface area contributed by atoms with Crippen LogP contribution in [0.5, 0.6) is 0 Å². The minimum atomic E-state index is 0.194. The van der Waals surface area contributed by atoms with Crippen molar-refractivity contribution in [3.05, 3.63) is 34.3 Å². The Bertz CT molecular complexity index is 431. The first-order valence-electron chi connectivity index (χ1n) is 6.53. The van der Waals surface area contributed by atoms with Gasteiger partial charge in [0.2, 0.25) is 5.91 Å². The zero-order valence-corrected chi connectivity index (χ0v) is 12.4. The SMILES string of the molecule is NOCC1CCN(C(=O)Cc2ccccc2Br)CC1. The summed E-state index contributed by atoms with van der Waals surface area (Å²) in [6, 6.07) is 7.86. The van der Waals surface area contributed by atoms with Crippen LogP contribution in [0.25, 0.3) is 0 Å². The molecule has 1 amide bonds. The summed E-state index contributed by atoms with van der Waals surface area (Å²) < 4.78 is 0.995. The van der Waals surface area contributed by atoms with Gasteiger partial charge in [0.15, 0.2) is 0 Å². The Kier molecular flexibility index (Phi) is 5.36. The van der Waals surface area contributed by atoms with Crippen molar-refractivity contribution in [1.29, 1.82) is 0 Å². The highest BCUT2D eigenvalue weighted by molar-refractivity contribution is 9.10. The smallest absolute Gasteiger partial charge is 0.227 e. The number of nitrogens with zero attached hydrogens (tertiary/aromatic N) is 1. The van der Waals surface area contributed by atoms with Gasteiger partial charge in [-0.25, -0.2) is 5.90 Å². The average molecular weight is 327 g/mol. The van der Waals surface area contributed by atoms with Gasteiger partial charge in [0.25, 0.3) is 0 Å². The number of rotatable bonds is 4. The molecule has 0 aromatic heterocycles. The van der Waals surface area contributed by atoms with E-state index in [9.17, 15) is 4.79 Å². The Balaban J connectivity index is 1.87. The highest BCUT2D eigenvalue weighted by Gasteiger charge is 2.23. The molecule has 0 unspecified atom stereocenters. The number of halogens is 1. The van der Waals surface area contributed by atoms with Crippen LogP contribution >= 0.6 is 15.9 Å². The Hall–Kier alpha value is -0.910. The summed E-state index contributed by atoms with van der Waals surface area (Å²) in [7, 11) is 0. The summed E-state index contributed by atoms with van der Waals surface area (Å²) in [6.07, 6.45) is 2.40. The molecule has 0 aliphatic carbocycles. The van der Waals surface area contributed by atoms with E-state index in [4.69, 9.17) is 5.90 Å². The summed E-state index contributed by atoms with van der Waals surface area (Å²) in [5.74, 6) is 5.76. The van der Waals surface area contributed by atoms with Gasteiger partial charge < -0.3 is 9.74 Å². The molecule has 2 N–H and O–H groups in total. The van der Waals surface area contributed by atoms with Crippen LogP contribution in [0.1, 0.15) is 18.4 Å². The second kappa shape index (κ2) is 7.03. The topological polar surface area (TPSA) is 55.6 Å². The quantitative estimate of drug-likeness (QED) is 0.862. The summed E-state index contributed by atoms with van der Waals surface area (Å²) in [5, 5.41) is 0. The molecule has 0 bridgehead atoms. The summed E-state index contributed by atoms with van der Waals surface area (Å²) >= 11 is 3.48. The Morgan fingerprint density at radius 1 is 1.37 bits per heavy atom. The van der Waals surface area contributed by atoms with E-state index in [1.165, 1.54) is 0 Å². The average Bonchev–Trinajstić information content (AvgIpc) is 2.42. The van der Waals surface area contributed by atoms with Crippen molar-refractivity contribution in [3.8, 4) is 0 Å². The number of piperidine rings is 1. The monoisotopic (exact) mass is 326 g/mol. The van der Waals surface area contributed by atoms with Crippen molar-refractivity contribution in [1.82, 2.24) is 4.90 Å². The molecule has 1 aliphatic heterocycles. The van der Waals surface area contributed by atoms with Crippen LogP contribution in [-0.2, 0) is 16.1 Å². The van der Waals surface area contributed by atoms with E-state index >= 15 is 0 Å². The van der Waals surface area contributed by atoms with Gasteiger partial charge in [0, 0.05) is 17.6 Å². The summed E-state index contributed by atoms with van der Waals surface area (Å²) in [6.45, 7) is 2.20. The molecule has 1 saturated heterocycles. The number of likely N-dealkylation sites (tertiary alicyclic amines) is 1. The number of carbonyl (C=O) groups excluding carboxylic acids is 1. The molecular formula is C14H19BrN2O2. The summed E-state index contributed by atoms with van der Waals surface area (Å²) in [4.78, 5) is 18.8. The fraction of sp³-hybridized carbons (Fsp3) is 0.500. The molecule has 0 radical (unpaired) electrons. The van der Waals surface area contributed by atoms with Crippen molar-refractivity contribution >= 4 is 21.8 Å². The summed E-state index contributed by atoms with van der Waals surface area (Å²) in [5.41, 5.74) is 1.04. The van der Waals surface area contributed by atoms with Crippen molar-refractivity contribution in [2.24, 2.45) is 11.8 Å². The second-order valence-corrected chi connectivity index (χ2v) is 5.78. The largest absolute Gasteiger partial charge is 0.342 e. The minimum Gasteiger partial charge on any atom is -0.342 e. The molecule has 1 fully saturated rings. The predicted molar refractivity (Wildman–Crippen MR) is 77.3 cm³/mol. The van der Waals surface area contributed by atoms with Gasteiger partial charge in [-0.3, -0.25) is 4.79 Å². The second-order valence-electron chi connectivity index (χ2n) is 4.93. The van der Waals surface area contributed by atoms with E-state index < -0.39 is 0 Å². The van der Waals surface area contributed by atoms with E-state index in [-0.39, 0.29) is 5.91 Å². The van der Waals surface area contributed by atoms with E-state index in [2.05, 4.69) is 20.8 Å². The third-order valence-corrected chi connectivity index (χ3v) is 4.37. The normalized spacial score (nSPS) is 16.6. The Morgan fingerprint density at radius 2 is 2.05 bits per heavy atom. The number of nitrogens with two attached hydrogens (primary N) is 1. The lowest BCUT2D eigenvalue weighted by Crippen LogP contribution is -2.40. The highest BCUT2D eigenvalue weighted by Crippen LogP contribution is 2.20. The van der Waals surface area contributed by atoms with Crippen molar-refractivity contribution < 1.29 is 9.63 Å². The maximum Gasteiger partial charge on any atom is 0.227 e. The van der Waals surface area contributed by atoms with Gasteiger partial charge in [-0.1, -0.05) is 34.1 Å². The molecule has 1 aromatic carbocycles. The van der Waals surface area contributed by atoms with E-state index in [0.717, 1.165) is 36.0 Å². The van der Waals surface area contributed by atoms with Gasteiger partial charge in [0.05, 0.1) is 13.0 Å². The van der Waals surface area contributed by atoms with Crippen LogP contribution in [0.3, 0.4) is 0 Å².